The van der Waals surface area contributed by atoms with Gasteiger partial charge in [-0.3, -0.25) is 4.90 Å². The molecule has 150 valence electrons. The second-order valence-corrected chi connectivity index (χ2v) is 6.97. The van der Waals surface area contributed by atoms with Gasteiger partial charge in [-0.05, 0) is 37.6 Å². The second kappa shape index (κ2) is 9.92. The summed E-state index contributed by atoms with van der Waals surface area (Å²) in [6.07, 6.45) is 0. The summed E-state index contributed by atoms with van der Waals surface area (Å²) in [6.45, 7) is 7.12. The average molecular weight is 403 g/mol. The summed E-state index contributed by atoms with van der Waals surface area (Å²) in [7, 11) is 0. The van der Waals surface area contributed by atoms with E-state index in [0.29, 0.717) is 44.5 Å². The first-order valence-corrected chi connectivity index (χ1v) is 10.1. The van der Waals surface area contributed by atoms with E-state index >= 15 is 0 Å². The van der Waals surface area contributed by atoms with Gasteiger partial charge in [0.05, 0.1) is 31.5 Å². The number of carbonyl (C=O) groups excluding carboxylic acids is 1. The maximum absolute atomic E-state index is 13.5. The molecule has 1 aliphatic heterocycles. The maximum Gasteiger partial charge on any atom is 0.325 e. The number of carbonyl (C=O) groups is 1. The number of halogens is 1. The van der Waals surface area contributed by atoms with Crippen LogP contribution in [0.15, 0.2) is 48.5 Å². The summed E-state index contributed by atoms with van der Waals surface area (Å²) in [5.74, 6) is 0. The van der Waals surface area contributed by atoms with Gasteiger partial charge in [-0.15, -0.1) is 0 Å². The Kier molecular flexibility index (Phi) is 7.31. The molecule has 1 atom stereocenters. The topological polar surface area (TPSA) is 42.0 Å². The van der Waals surface area contributed by atoms with E-state index in [-0.39, 0.29) is 12.1 Å². The van der Waals surface area contributed by atoms with Gasteiger partial charge < -0.3 is 14.4 Å². The van der Waals surface area contributed by atoms with Gasteiger partial charge >= 0.3 is 6.03 Å². The van der Waals surface area contributed by atoms with Crippen LogP contribution in [0.2, 0.25) is 5.02 Å². The maximum atomic E-state index is 13.5. The Labute approximate surface area is 171 Å². The number of hydrogen-bond acceptors (Lipinski definition) is 3. The molecule has 2 aromatic rings. The molecule has 3 rings (SSSR count). The van der Waals surface area contributed by atoms with Gasteiger partial charge in [-0.2, -0.15) is 0 Å². The Hall–Kier alpha value is -2.08. The normalized spacial score (nSPS) is 16.4. The number of urea groups is 1. The van der Waals surface area contributed by atoms with Crippen molar-refractivity contribution in [1.29, 1.82) is 0 Å². The monoisotopic (exact) mass is 402 g/mol. The first-order valence-electron chi connectivity index (χ1n) is 9.75. The molecule has 28 heavy (non-hydrogen) atoms. The zero-order chi connectivity index (χ0) is 19.9. The zero-order valence-corrected chi connectivity index (χ0v) is 17.2. The van der Waals surface area contributed by atoms with E-state index in [2.05, 4.69) is 0 Å². The summed E-state index contributed by atoms with van der Waals surface area (Å²) < 4.78 is 11.1. The van der Waals surface area contributed by atoms with Crippen molar-refractivity contribution in [2.75, 3.05) is 44.4 Å². The molecule has 0 saturated heterocycles. The molecule has 2 aromatic carbocycles. The summed E-state index contributed by atoms with van der Waals surface area (Å²) >= 11 is 6.34. The lowest BCUT2D eigenvalue weighted by Gasteiger charge is -2.43. The van der Waals surface area contributed by atoms with E-state index in [9.17, 15) is 4.79 Å². The summed E-state index contributed by atoms with van der Waals surface area (Å²) in [5, 5.41) is 0.656. The number of ether oxygens (including phenoxy) is 2. The number of rotatable bonds is 9. The number of anilines is 1. The Balaban J connectivity index is 2.04. The lowest BCUT2D eigenvalue weighted by Crippen LogP contribution is -2.51. The van der Waals surface area contributed by atoms with Crippen LogP contribution in [0, 0.1) is 0 Å². The minimum Gasteiger partial charge on any atom is -0.380 e. The van der Waals surface area contributed by atoms with Crippen molar-refractivity contribution in [2.45, 2.75) is 19.9 Å². The van der Waals surface area contributed by atoms with Gasteiger partial charge in [0, 0.05) is 30.3 Å². The largest absolute Gasteiger partial charge is 0.380 e. The number of fused-ring (bicyclic) bond motifs is 1. The molecular formula is C22H27ClN2O3. The number of nitrogens with zero attached hydrogens (tertiary/aromatic N) is 2. The standard InChI is InChI=1S/C22H27ClN2O3/c1-3-27-14-12-24-20-11-10-18(23)16-19(20)21(17-8-6-5-7-9-17)25(22(24)26)13-15-28-4-2/h5-11,16,21H,3-4,12-15H2,1-2H3. The van der Waals surface area contributed by atoms with Crippen LogP contribution in [-0.2, 0) is 9.47 Å². The van der Waals surface area contributed by atoms with Gasteiger partial charge in [0.15, 0.2) is 0 Å². The fraction of sp³-hybridized carbons (Fsp3) is 0.409. The third kappa shape index (κ3) is 4.49. The third-order valence-corrected chi connectivity index (χ3v) is 5.06. The van der Waals surface area contributed by atoms with Crippen LogP contribution in [0.4, 0.5) is 10.5 Å². The number of benzene rings is 2. The molecule has 0 aromatic heterocycles. The van der Waals surface area contributed by atoms with Crippen molar-refractivity contribution in [3.63, 3.8) is 0 Å². The fourth-order valence-electron chi connectivity index (χ4n) is 3.57. The predicted octanol–water partition coefficient (Wildman–Crippen LogP) is 4.74. The summed E-state index contributed by atoms with van der Waals surface area (Å²) in [5.41, 5.74) is 2.96. The highest BCUT2D eigenvalue weighted by Gasteiger charge is 2.38. The van der Waals surface area contributed by atoms with Crippen LogP contribution in [-0.4, -0.2) is 50.4 Å². The molecule has 2 amide bonds. The quantitative estimate of drug-likeness (QED) is 0.568. The molecule has 0 saturated carbocycles. The number of hydrogen-bond donors (Lipinski definition) is 0. The van der Waals surface area contributed by atoms with Crippen LogP contribution < -0.4 is 4.90 Å². The highest BCUT2D eigenvalue weighted by Crippen LogP contribution is 2.41. The van der Waals surface area contributed by atoms with E-state index in [1.165, 1.54) is 0 Å². The summed E-state index contributed by atoms with van der Waals surface area (Å²) in [6, 6.07) is 15.5. The molecule has 0 bridgehead atoms. The minimum absolute atomic E-state index is 0.0388. The van der Waals surface area contributed by atoms with E-state index in [1.807, 2.05) is 67.3 Å². The average Bonchev–Trinajstić information content (AvgIpc) is 2.71. The highest BCUT2D eigenvalue weighted by atomic mass is 35.5. The van der Waals surface area contributed by atoms with E-state index in [1.54, 1.807) is 4.90 Å². The van der Waals surface area contributed by atoms with Crippen molar-refractivity contribution >= 4 is 23.3 Å². The fourth-order valence-corrected chi connectivity index (χ4v) is 3.75. The van der Waals surface area contributed by atoms with E-state index in [0.717, 1.165) is 16.8 Å². The Bertz CT molecular complexity index is 785. The molecule has 0 radical (unpaired) electrons. The smallest absolute Gasteiger partial charge is 0.325 e. The Morgan fingerprint density at radius 1 is 0.964 bits per heavy atom. The first kappa shape index (κ1) is 20.6. The first-order chi connectivity index (χ1) is 13.7. The lowest BCUT2D eigenvalue weighted by molar-refractivity contribution is 0.108. The second-order valence-electron chi connectivity index (χ2n) is 6.54. The predicted molar refractivity (Wildman–Crippen MR) is 112 cm³/mol. The Morgan fingerprint density at radius 3 is 2.32 bits per heavy atom. The molecule has 0 spiro atoms. The lowest BCUT2D eigenvalue weighted by atomic mass is 9.93. The molecule has 0 N–H and O–H groups in total. The third-order valence-electron chi connectivity index (χ3n) is 4.82. The number of amides is 2. The molecule has 1 heterocycles. The van der Waals surface area contributed by atoms with Gasteiger partial charge in [0.1, 0.15) is 0 Å². The SMILES string of the molecule is CCOCCN1C(=O)N(CCOCC)C(c2ccccc2)c2cc(Cl)ccc21. The van der Waals surface area contributed by atoms with Gasteiger partial charge in [0.2, 0.25) is 0 Å². The van der Waals surface area contributed by atoms with Crippen LogP contribution in [0.1, 0.15) is 31.0 Å². The molecule has 5 nitrogen and oxygen atoms in total. The van der Waals surface area contributed by atoms with E-state index in [4.69, 9.17) is 21.1 Å². The van der Waals surface area contributed by atoms with Gasteiger partial charge in [-0.25, -0.2) is 4.79 Å². The zero-order valence-electron chi connectivity index (χ0n) is 16.4. The van der Waals surface area contributed by atoms with Crippen LogP contribution in [0.5, 0.6) is 0 Å². The highest BCUT2D eigenvalue weighted by molar-refractivity contribution is 6.30. The minimum atomic E-state index is -0.203. The van der Waals surface area contributed by atoms with Crippen molar-refractivity contribution in [3.8, 4) is 0 Å². The van der Waals surface area contributed by atoms with Crippen molar-refractivity contribution in [1.82, 2.24) is 4.90 Å². The molecule has 0 aliphatic carbocycles. The van der Waals surface area contributed by atoms with Crippen molar-refractivity contribution < 1.29 is 14.3 Å². The Morgan fingerprint density at radius 2 is 1.64 bits per heavy atom. The summed E-state index contributed by atoms with van der Waals surface area (Å²) in [4.78, 5) is 17.1. The molecule has 0 fully saturated rings. The van der Waals surface area contributed by atoms with Crippen molar-refractivity contribution in [3.05, 3.63) is 64.7 Å². The molecular weight excluding hydrogens is 376 g/mol. The van der Waals surface area contributed by atoms with Gasteiger partial charge in [-0.1, -0.05) is 41.9 Å². The van der Waals surface area contributed by atoms with Crippen LogP contribution in [0.3, 0.4) is 0 Å². The van der Waals surface area contributed by atoms with E-state index < -0.39 is 0 Å². The van der Waals surface area contributed by atoms with Crippen molar-refractivity contribution in [2.24, 2.45) is 0 Å². The van der Waals surface area contributed by atoms with Crippen LogP contribution >= 0.6 is 11.6 Å². The molecule has 1 aliphatic rings. The van der Waals surface area contributed by atoms with Gasteiger partial charge in [0.25, 0.3) is 0 Å². The molecule has 6 heteroatoms. The molecule has 1 unspecified atom stereocenters. The van der Waals surface area contributed by atoms with Crippen LogP contribution in [0.25, 0.3) is 0 Å².